The maximum Gasteiger partial charge on any atom is 0.186 e. The number of ketones is 2. The number of nitrogens with one attached hydrogen (secondary N) is 1. The maximum absolute atomic E-state index is 12.1. The van der Waals surface area contributed by atoms with Crippen LogP contribution in [0.3, 0.4) is 0 Å². The van der Waals surface area contributed by atoms with Gasteiger partial charge in [-0.15, -0.1) is 0 Å². The minimum Gasteiger partial charge on any atom is -0.353 e. The van der Waals surface area contributed by atoms with Crippen LogP contribution in [-0.4, -0.2) is 11.6 Å². The van der Waals surface area contributed by atoms with E-state index in [2.05, 4.69) is 11.4 Å². The second-order valence-electron chi connectivity index (χ2n) is 5.06. The molecule has 2 aliphatic rings. The van der Waals surface area contributed by atoms with E-state index in [1.807, 2.05) is 36.4 Å². The fourth-order valence-corrected chi connectivity index (χ4v) is 3.62. The Labute approximate surface area is 131 Å². The van der Waals surface area contributed by atoms with Crippen LogP contribution in [0.4, 0.5) is 11.4 Å². The first kappa shape index (κ1) is 13.1. The van der Waals surface area contributed by atoms with Crippen LogP contribution >= 0.6 is 11.8 Å². The molecule has 0 amide bonds. The highest BCUT2D eigenvalue weighted by Crippen LogP contribution is 2.46. The van der Waals surface area contributed by atoms with Crippen LogP contribution in [0, 0.1) is 0 Å². The molecular formula is C18H11NO2S. The van der Waals surface area contributed by atoms with Gasteiger partial charge in [-0.25, -0.2) is 0 Å². The van der Waals surface area contributed by atoms with Crippen molar-refractivity contribution >= 4 is 40.3 Å². The first-order chi connectivity index (χ1) is 10.7. The second kappa shape index (κ2) is 5.00. The van der Waals surface area contributed by atoms with Gasteiger partial charge < -0.3 is 5.32 Å². The lowest BCUT2D eigenvalue weighted by molar-refractivity contribution is -0.113. The van der Waals surface area contributed by atoms with Gasteiger partial charge in [-0.1, -0.05) is 36.0 Å². The SMILES string of the molecule is O=C1C=CC(=O)C(c2cccc3c2Nc2ccccc2S3)=C1. The van der Waals surface area contributed by atoms with E-state index in [0.29, 0.717) is 5.57 Å². The Morgan fingerprint density at radius 1 is 0.864 bits per heavy atom. The molecule has 1 N–H and O–H groups in total. The first-order valence-corrected chi connectivity index (χ1v) is 7.69. The Morgan fingerprint density at radius 3 is 2.59 bits per heavy atom. The van der Waals surface area contributed by atoms with E-state index in [4.69, 9.17) is 0 Å². The number of carbonyl (C=O) groups excluding carboxylic acids is 2. The monoisotopic (exact) mass is 305 g/mol. The van der Waals surface area contributed by atoms with E-state index < -0.39 is 0 Å². The van der Waals surface area contributed by atoms with Crippen molar-refractivity contribution in [1.82, 2.24) is 0 Å². The molecule has 22 heavy (non-hydrogen) atoms. The topological polar surface area (TPSA) is 46.2 Å². The molecule has 0 radical (unpaired) electrons. The molecule has 2 aromatic carbocycles. The summed E-state index contributed by atoms with van der Waals surface area (Å²) in [5.74, 6) is -0.297. The number of fused-ring (bicyclic) bond motifs is 2. The summed E-state index contributed by atoms with van der Waals surface area (Å²) < 4.78 is 0. The van der Waals surface area contributed by atoms with Gasteiger partial charge in [-0.05, 0) is 36.4 Å². The fraction of sp³-hybridized carbons (Fsp3) is 0. The number of hydrogen-bond acceptors (Lipinski definition) is 4. The van der Waals surface area contributed by atoms with Gasteiger partial charge in [-0.2, -0.15) is 0 Å². The molecule has 1 aliphatic heterocycles. The molecule has 106 valence electrons. The van der Waals surface area contributed by atoms with Crippen LogP contribution in [-0.2, 0) is 9.59 Å². The summed E-state index contributed by atoms with van der Waals surface area (Å²) in [6.45, 7) is 0. The van der Waals surface area contributed by atoms with Crippen molar-refractivity contribution in [3.8, 4) is 0 Å². The molecular weight excluding hydrogens is 294 g/mol. The molecule has 0 saturated carbocycles. The number of para-hydroxylation sites is 2. The van der Waals surface area contributed by atoms with Crippen LogP contribution in [0.25, 0.3) is 5.57 Å². The zero-order valence-corrected chi connectivity index (χ0v) is 12.3. The van der Waals surface area contributed by atoms with Crippen LogP contribution < -0.4 is 5.32 Å². The molecule has 4 rings (SSSR count). The largest absolute Gasteiger partial charge is 0.353 e. The average Bonchev–Trinajstić information content (AvgIpc) is 2.55. The zero-order chi connectivity index (χ0) is 15.1. The van der Waals surface area contributed by atoms with Gasteiger partial charge in [0, 0.05) is 20.9 Å². The summed E-state index contributed by atoms with van der Waals surface area (Å²) in [4.78, 5) is 25.9. The van der Waals surface area contributed by atoms with E-state index in [1.165, 1.54) is 18.2 Å². The second-order valence-corrected chi connectivity index (χ2v) is 6.14. The number of hydrogen-bond donors (Lipinski definition) is 1. The molecule has 0 bridgehead atoms. The van der Waals surface area contributed by atoms with Gasteiger partial charge >= 0.3 is 0 Å². The Balaban J connectivity index is 1.85. The van der Waals surface area contributed by atoms with Crippen LogP contribution in [0.1, 0.15) is 5.56 Å². The smallest absolute Gasteiger partial charge is 0.186 e. The van der Waals surface area contributed by atoms with E-state index in [-0.39, 0.29) is 11.6 Å². The predicted octanol–water partition coefficient (Wildman–Crippen LogP) is 3.99. The minimum absolute atomic E-state index is 0.140. The van der Waals surface area contributed by atoms with Gasteiger partial charge in [0.05, 0.1) is 11.4 Å². The summed E-state index contributed by atoms with van der Waals surface area (Å²) in [6, 6.07) is 13.8. The number of allylic oxidation sites excluding steroid dienone is 4. The number of anilines is 2. The Morgan fingerprint density at radius 2 is 1.68 bits per heavy atom. The minimum atomic E-state index is -0.156. The lowest BCUT2D eigenvalue weighted by Crippen LogP contribution is -2.10. The molecule has 1 aliphatic carbocycles. The van der Waals surface area contributed by atoms with E-state index in [9.17, 15) is 9.59 Å². The molecule has 2 aromatic rings. The quantitative estimate of drug-likeness (QED) is 0.691. The van der Waals surface area contributed by atoms with E-state index >= 15 is 0 Å². The van der Waals surface area contributed by atoms with Crippen molar-refractivity contribution in [2.24, 2.45) is 0 Å². The van der Waals surface area contributed by atoms with Crippen molar-refractivity contribution in [3.63, 3.8) is 0 Å². The molecule has 1 heterocycles. The summed E-state index contributed by atoms with van der Waals surface area (Å²) in [5.41, 5.74) is 3.10. The average molecular weight is 305 g/mol. The number of carbonyl (C=O) groups is 2. The highest BCUT2D eigenvalue weighted by atomic mass is 32.2. The van der Waals surface area contributed by atoms with Crippen molar-refractivity contribution < 1.29 is 9.59 Å². The number of benzene rings is 2. The highest BCUT2D eigenvalue weighted by molar-refractivity contribution is 7.99. The Bertz CT molecular complexity index is 880. The lowest BCUT2D eigenvalue weighted by atomic mass is 9.95. The normalized spacial score (nSPS) is 15.7. The Hall–Kier alpha value is -2.59. The fourth-order valence-electron chi connectivity index (χ4n) is 2.60. The molecule has 0 fully saturated rings. The zero-order valence-electron chi connectivity index (χ0n) is 11.5. The van der Waals surface area contributed by atoms with Crippen molar-refractivity contribution in [3.05, 3.63) is 66.3 Å². The molecule has 0 unspecified atom stereocenters. The predicted molar refractivity (Wildman–Crippen MR) is 87.4 cm³/mol. The van der Waals surface area contributed by atoms with Crippen LogP contribution in [0.5, 0.6) is 0 Å². The molecule has 0 spiro atoms. The van der Waals surface area contributed by atoms with Gasteiger partial charge in [0.15, 0.2) is 11.6 Å². The van der Waals surface area contributed by atoms with Gasteiger partial charge in [0.1, 0.15) is 0 Å². The Kier molecular flexibility index (Phi) is 2.98. The molecule has 3 nitrogen and oxygen atoms in total. The molecule has 0 atom stereocenters. The summed E-state index contributed by atoms with van der Waals surface area (Å²) in [5, 5.41) is 3.39. The van der Waals surface area contributed by atoms with Crippen LogP contribution in [0.2, 0.25) is 0 Å². The van der Waals surface area contributed by atoms with Crippen LogP contribution in [0.15, 0.2) is 70.5 Å². The van der Waals surface area contributed by atoms with Gasteiger partial charge in [0.2, 0.25) is 0 Å². The molecule has 0 saturated heterocycles. The summed E-state index contributed by atoms with van der Waals surface area (Å²) in [7, 11) is 0. The third kappa shape index (κ3) is 2.09. The standard InChI is InChI=1S/C18H11NO2S/c20-11-8-9-15(21)13(10-11)12-4-3-7-17-18(12)19-14-5-1-2-6-16(14)22-17/h1-10,19H. The number of rotatable bonds is 1. The molecule has 4 heteroatoms. The highest BCUT2D eigenvalue weighted by Gasteiger charge is 2.23. The first-order valence-electron chi connectivity index (χ1n) is 6.88. The summed E-state index contributed by atoms with van der Waals surface area (Å²) >= 11 is 1.66. The van der Waals surface area contributed by atoms with Crippen molar-refractivity contribution in [2.75, 3.05) is 5.32 Å². The molecule has 0 aromatic heterocycles. The lowest BCUT2D eigenvalue weighted by Gasteiger charge is -2.24. The van der Waals surface area contributed by atoms with Gasteiger partial charge in [-0.3, -0.25) is 9.59 Å². The maximum atomic E-state index is 12.1. The van der Waals surface area contributed by atoms with Gasteiger partial charge in [0.25, 0.3) is 0 Å². The third-order valence-corrected chi connectivity index (χ3v) is 4.77. The van der Waals surface area contributed by atoms with Crippen molar-refractivity contribution in [1.29, 1.82) is 0 Å². The van der Waals surface area contributed by atoms with E-state index in [0.717, 1.165) is 26.7 Å². The van der Waals surface area contributed by atoms with Crippen molar-refractivity contribution in [2.45, 2.75) is 9.79 Å². The van der Waals surface area contributed by atoms with E-state index in [1.54, 1.807) is 11.8 Å². The third-order valence-electron chi connectivity index (χ3n) is 3.63. The summed E-state index contributed by atoms with van der Waals surface area (Å²) in [6.07, 6.45) is 4.05.